The fourth-order valence-corrected chi connectivity index (χ4v) is 6.55. The molecular weight excluding hydrogens is 926 g/mol. The third kappa shape index (κ3) is 11.0. The van der Waals surface area contributed by atoms with Crippen LogP contribution in [0.25, 0.3) is 0 Å². The normalized spacial score (nSPS) is 15.9. The molecule has 360 valence electrons. The van der Waals surface area contributed by atoms with Crippen LogP contribution >= 0.6 is 0 Å². The third-order valence-corrected chi connectivity index (χ3v) is 10.5. The first-order valence-electron chi connectivity index (χ1n) is 20.5. The lowest BCUT2D eigenvalue weighted by Gasteiger charge is -2.16. The lowest BCUT2D eigenvalue weighted by Crippen LogP contribution is -2.30. The number of hydrogen-bond donors (Lipinski definition) is 3. The summed E-state index contributed by atoms with van der Waals surface area (Å²) in [5.74, 6) is -0.997. The van der Waals surface area contributed by atoms with Crippen LogP contribution in [0, 0.1) is 0 Å². The third-order valence-electron chi connectivity index (χ3n) is 10.5. The molecule has 3 heterocycles. The van der Waals surface area contributed by atoms with Gasteiger partial charge in [-0.25, -0.2) is 0 Å². The van der Waals surface area contributed by atoms with Crippen LogP contribution < -0.4 is 25.4 Å². The molecule has 0 bridgehead atoms. The average Bonchev–Trinajstić information content (AvgIpc) is 4.16. The van der Waals surface area contributed by atoms with E-state index < -0.39 is 53.2 Å². The van der Waals surface area contributed by atoms with Crippen LogP contribution in [0.4, 0.5) is 39.5 Å². The van der Waals surface area contributed by atoms with E-state index in [0.29, 0.717) is 23.5 Å². The number of benzene rings is 4. The van der Waals surface area contributed by atoms with Gasteiger partial charge in [0.1, 0.15) is 13.2 Å². The Balaban J connectivity index is 0.852. The summed E-state index contributed by atoms with van der Waals surface area (Å²) in [4.78, 5) is 37.8. The van der Waals surface area contributed by atoms with Gasteiger partial charge in [0.2, 0.25) is 0 Å². The number of carbonyl (C=O) groups is 3. The summed E-state index contributed by atoms with van der Waals surface area (Å²) in [7, 11) is 0. The van der Waals surface area contributed by atoms with Crippen molar-refractivity contribution in [2.75, 3.05) is 59.3 Å². The first-order valence-corrected chi connectivity index (χ1v) is 20.5. The molecule has 16 nitrogen and oxygen atoms in total. The Morgan fingerprint density at radius 3 is 1.10 bits per heavy atom. The number of alkyl halides is 9. The molecule has 0 aromatic heterocycles. The number of ether oxygens (including phenoxy) is 4. The van der Waals surface area contributed by atoms with Crippen LogP contribution in [-0.2, 0) is 32.9 Å². The molecule has 25 heteroatoms. The highest BCUT2D eigenvalue weighted by molar-refractivity contribution is 5.95. The van der Waals surface area contributed by atoms with Crippen LogP contribution in [0.3, 0.4) is 0 Å². The monoisotopic (exact) mass is 963 g/mol. The van der Waals surface area contributed by atoms with Crippen LogP contribution in [0.15, 0.2) is 122 Å². The molecule has 0 saturated carbocycles. The Hall–Kier alpha value is -7.02. The van der Waals surface area contributed by atoms with Gasteiger partial charge in [0, 0.05) is 53.0 Å². The van der Waals surface area contributed by atoms with Gasteiger partial charge < -0.3 is 34.9 Å². The van der Waals surface area contributed by atoms with Gasteiger partial charge in [0.25, 0.3) is 17.7 Å². The van der Waals surface area contributed by atoms with Crippen molar-refractivity contribution in [3.8, 4) is 11.5 Å². The SMILES string of the molecule is O=C(NCCOCCOc1ccc(CCNC(=O)c2ccc(C3(C(F)(F)F)N=N3)cc2)cc1OCCOCCNC(=O)c1ccc(C2(C(F)(F)F)N=N2)cc1)c1ccc(C2(C(F)(F)F)N=N2)cc1. The molecule has 4 aromatic rings. The quantitative estimate of drug-likeness (QED) is 0.0497. The highest BCUT2D eigenvalue weighted by Crippen LogP contribution is 2.54. The summed E-state index contributed by atoms with van der Waals surface area (Å²) >= 11 is 0. The molecule has 68 heavy (non-hydrogen) atoms. The van der Waals surface area contributed by atoms with Crippen molar-refractivity contribution in [1.82, 2.24) is 16.0 Å². The van der Waals surface area contributed by atoms with Crippen molar-refractivity contribution >= 4 is 17.7 Å². The number of nitrogens with zero attached hydrogens (tertiary/aromatic N) is 6. The lowest BCUT2D eigenvalue weighted by molar-refractivity contribution is -0.166. The second-order valence-electron chi connectivity index (χ2n) is 15.1. The Bertz CT molecular complexity index is 2540. The molecule has 3 aliphatic heterocycles. The van der Waals surface area contributed by atoms with Gasteiger partial charge in [-0.3, -0.25) is 14.4 Å². The molecule has 0 saturated heterocycles. The second kappa shape index (κ2) is 19.7. The van der Waals surface area contributed by atoms with Crippen molar-refractivity contribution in [3.05, 3.63) is 130 Å². The fourth-order valence-electron chi connectivity index (χ4n) is 6.55. The second-order valence-corrected chi connectivity index (χ2v) is 15.1. The zero-order valence-electron chi connectivity index (χ0n) is 35.2. The molecule has 3 N–H and O–H groups in total. The number of hydrogen-bond acceptors (Lipinski definition) is 13. The van der Waals surface area contributed by atoms with Crippen molar-refractivity contribution in [2.24, 2.45) is 30.7 Å². The molecule has 4 aromatic carbocycles. The minimum Gasteiger partial charge on any atom is -0.487 e. The predicted octanol–water partition coefficient (Wildman–Crippen LogP) is 7.85. The predicted molar refractivity (Wildman–Crippen MR) is 217 cm³/mol. The van der Waals surface area contributed by atoms with Gasteiger partial charge >= 0.3 is 35.5 Å². The molecule has 7 rings (SSSR count). The van der Waals surface area contributed by atoms with E-state index >= 15 is 0 Å². The summed E-state index contributed by atoms with van der Waals surface area (Å²) in [6.45, 7) is 0.584. The van der Waals surface area contributed by atoms with Crippen LogP contribution in [0.1, 0.15) is 53.3 Å². The van der Waals surface area contributed by atoms with E-state index in [1.54, 1.807) is 18.2 Å². The largest absolute Gasteiger partial charge is 0.487 e. The van der Waals surface area contributed by atoms with Gasteiger partial charge in [-0.2, -0.15) is 39.5 Å². The summed E-state index contributed by atoms with van der Waals surface area (Å²) < 4.78 is 143. The number of halogens is 9. The van der Waals surface area contributed by atoms with E-state index in [9.17, 15) is 53.9 Å². The number of nitrogens with one attached hydrogen (secondary N) is 3. The molecule has 0 atom stereocenters. The summed E-state index contributed by atoms with van der Waals surface area (Å²) in [6.07, 6.45) is -13.8. The molecule has 0 aliphatic carbocycles. The Kier molecular flexibility index (Phi) is 14.1. The van der Waals surface area contributed by atoms with E-state index in [2.05, 4.69) is 46.6 Å². The van der Waals surface area contributed by atoms with Gasteiger partial charge in [-0.15, -0.1) is 30.7 Å². The van der Waals surface area contributed by atoms with Crippen LogP contribution in [0.2, 0.25) is 0 Å². The molecular formula is C43H38F9N9O7. The summed E-state index contributed by atoms with van der Waals surface area (Å²) in [5.41, 5.74) is -7.34. The van der Waals surface area contributed by atoms with Crippen molar-refractivity contribution in [1.29, 1.82) is 0 Å². The maximum absolute atomic E-state index is 13.4. The fraction of sp³-hybridized carbons (Fsp3) is 0.372. The maximum atomic E-state index is 13.4. The topological polar surface area (TPSA) is 198 Å². The van der Waals surface area contributed by atoms with Gasteiger partial charge in [0.15, 0.2) is 11.5 Å². The molecule has 3 amide bonds. The molecule has 3 aliphatic rings. The number of carbonyl (C=O) groups excluding carboxylic acids is 3. The zero-order chi connectivity index (χ0) is 48.8. The van der Waals surface area contributed by atoms with E-state index in [4.69, 9.17) is 18.9 Å². The van der Waals surface area contributed by atoms with Crippen molar-refractivity contribution in [3.63, 3.8) is 0 Å². The first-order chi connectivity index (χ1) is 32.3. The molecule has 0 spiro atoms. The van der Waals surface area contributed by atoms with Crippen molar-refractivity contribution < 1.29 is 72.8 Å². The standard InChI is InChI=1S/C43H38F9N9O7/c44-41(45,46)38(56-57-38)30-8-2-27(3-9-30)35(62)53-16-15-26-1-14-33(67-23-21-65-19-17-54-36(63)28-4-10-31(11-5-28)39(58-59-39)42(47,48)49)34(25-26)68-24-22-66-20-18-55-37(64)29-6-12-32(13-7-29)40(60-61-40)43(50,51)52/h1-14,25H,15-24H2,(H,53,62)(H,54,63)(H,55,64). The Morgan fingerprint density at radius 1 is 0.426 bits per heavy atom. The minimum atomic E-state index is -4.71. The van der Waals surface area contributed by atoms with Crippen LogP contribution in [-0.4, -0.2) is 95.5 Å². The molecule has 0 fully saturated rings. The van der Waals surface area contributed by atoms with E-state index in [1.807, 2.05) is 0 Å². The summed E-state index contributed by atoms with van der Waals surface area (Å²) in [5, 5.41) is 26.8. The van der Waals surface area contributed by atoms with E-state index in [-0.39, 0.29) is 92.7 Å². The van der Waals surface area contributed by atoms with E-state index in [0.717, 1.165) is 36.4 Å². The van der Waals surface area contributed by atoms with Gasteiger partial charge in [0.05, 0.1) is 26.4 Å². The van der Waals surface area contributed by atoms with Gasteiger partial charge in [-0.1, -0.05) is 42.5 Å². The first kappa shape index (κ1) is 48.9. The van der Waals surface area contributed by atoms with Crippen LogP contribution in [0.5, 0.6) is 11.5 Å². The van der Waals surface area contributed by atoms with E-state index in [1.165, 1.54) is 36.4 Å². The number of amides is 3. The number of rotatable bonds is 23. The minimum absolute atomic E-state index is 0.0159. The average molecular weight is 964 g/mol. The Morgan fingerprint density at radius 2 is 0.765 bits per heavy atom. The smallest absolute Gasteiger partial charge is 0.442 e. The lowest BCUT2D eigenvalue weighted by atomic mass is 10.0. The highest BCUT2D eigenvalue weighted by Gasteiger charge is 2.66. The molecule has 0 radical (unpaired) electrons. The maximum Gasteiger partial charge on any atom is 0.442 e. The Labute approximate surface area is 379 Å². The zero-order valence-corrected chi connectivity index (χ0v) is 35.2. The van der Waals surface area contributed by atoms with Crippen molar-refractivity contribution in [2.45, 2.75) is 41.9 Å². The van der Waals surface area contributed by atoms with Gasteiger partial charge in [-0.05, 0) is 60.5 Å². The highest BCUT2D eigenvalue weighted by atomic mass is 19.4. The molecule has 0 unspecified atom stereocenters. The summed E-state index contributed by atoms with van der Waals surface area (Å²) in [6, 6.07) is 19.3.